The molecule has 0 aliphatic heterocycles. The van der Waals surface area contributed by atoms with Gasteiger partial charge in [0.05, 0.1) is 30.6 Å². The predicted molar refractivity (Wildman–Crippen MR) is 111 cm³/mol. The van der Waals surface area contributed by atoms with Crippen LogP contribution in [0.1, 0.15) is 24.4 Å². The first-order valence-corrected chi connectivity index (χ1v) is 9.59. The van der Waals surface area contributed by atoms with Crippen LogP contribution in [0.3, 0.4) is 0 Å². The lowest BCUT2D eigenvalue weighted by atomic mass is 10.0. The second kappa shape index (κ2) is 11.5. The predicted octanol–water partition coefficient (Wildman–Crippen LogP) is 3.07. The Morgan fingerprint density at radius 3 is 2.52 bits per heavy atom. The fraction of sp³-hybridized carbons (Fsp3) is 0.238. The smallest absolute Gasteiger partial charge is 0.312 e. The molecule has 3 N–H and O–H groups in total. The van der Waals surface area contributed by atoms with Gasteiger partial charge in [0.2, 0.25) is 0 Å². The van der Waals surface area contributed by atoms with E-state index in [4.69, 9.17) is 27.3 Å². The minimum absolute atomic E-state index is 0.0249. The summed E-state index contributed by atoms with van der Waals surface area (Å²) >= 11 is 6.12. The molecule has 1 atom stereocenters. The minimum Gasteiger partial charge on any atom is -0.455 e. The van der Waals surface area contributed by atoms with E-state index in [0.717, 1.165) is 4.90 Å². The number of nitrogens with two attached hydrogens (primary N) is 1. The number of nitrogens with one attached hydrogen (secondary N) is 1. The number of primary amides is 1. The molecule has 0 spiro atoms. The lowest BCUT2D eigenvalue weighted by Gasteiger charge is -2.22. The number of rotatable bonds is 9. The summed E-state index contributed by atoms with van der Waals surface area (Å²) in [6.07, 6.45) is -0.372. The zero-order valence-electron chi connectivity index (χ0n) is 16.4. The van der Waals surface area contributed by atoms with Crippen LogP contribution >= 0.6 is 11.6 Å². The molecule has 0 bridgehead atoms. The molecule has 1 unspecified atom stereocenters. The maximum absolute atomic E-state index is 14.1. The number of anilines is 1. The average Bonchev–Trinajstić information content (AvgIpc) is 2.73. The fourth-order valence-electron chi connectivity index (χ4n) is 2.83. The Morgan fingerprint density at radius 1 is 1.19 bits per heavy atom. The molecular weight excluding hydrogens is 427 g/mol. The van der Waals surface area contributed by atoms with Crippen LogP contribution in [0.15, 0.2) is 48.5 Å². The van der Waals surface area contributed by atoms with Crippen molar-refractivity contribution in [3.05, 3.63) is 64.9 Å². The van der Waals surface area contributed by atoms with Crippen molar-refractivity contribution in [2.24, 2.45) is 5.73 Å². The van der Waals surface area contributed by atoms with Crippen molar-refractivity contribution < 1.29 is 23.5 Å². The summed E-state index contributed by atoms with van der Waals surface area (Å²) in [6.45, 7) is -0.746. The number of amides is 3. The molecule has 0 saturated heterocycles. The van der Waals surface area contributed by atoms with Gasteiger partial charge in [-0.15, -0.1) is 0 Å². The normalized spacial score (nSPS) is 11.1. The van der Waals surface area contributed by atoms with Crippen LogP contribution in [0, 0.1) is 17.1 Å². The summed E-state index contributed by atoms with van der Waals surface area (Å²) in [4.78, 5) is 37.2. The minimum atomic E-state index is -0.866. The zero-order chi connectivity index (χ0) is 22.8. The van der Waals surface area contributed by atoms with Crippen LogP contribution < -0.4 is 16.0 Å². The van der Waals surface area contributed by atoms with E-state index < -0.39 is 36.4 Å². The van der Waals surface area contributed by atoms with Gasteiger partial charge in [-0.05, 0) is 23.8 Å². The van der Waals surface area contributed by atoms with Gasteiger partial charge < -0.3 is 20.7 Å². The third kappa shape index (κ3) is 6.97. The molecule has 0 radical (unpaired) electrons. The van der Waals surface area contributed by atoms with Gasteiger partial charge in [-0.25, -0.2) is 9.18 Å². The number of ether oxygens (including phenoxy) is 1. The number of esters is 1. The first-order chi connectivity index (χ1) is 14.8. The Labute approximate surface area is 183 Å². The van der Waals surface area contributed by atoms with Crippen molar-refractivity contribution in [1.82, 2.24) is 5.32 Å². The van der Waals surface area contributed by atoms with Crippen LogP contribution in [0.25, 0.3) is 0 Å². The molecule has 2 aromatic carbocycles. The Balaban J connectivity index is 2.07. The first-order valence-electron chi connectivity index (χ1n) is 9.21. The van der Waals surface area contributed by atoms with Crippen molar-refractivity contribution in [3.8, 4) is 6.07 Å². The maximum Gasteiger partial charge on any atom is 0.312 e. The van der Waals surface area contributed by atoms with Gasteiger partial charge in [-0.2, -0.15) is 5.26 Å². The summed E-state index contributed by atoms with van der Waals surface area (Å²) in [5.41, 5.74) is 5.60. The number of nitriles is 1. The molecule has 0 heterocycles. The number of carbonyl (C=O) groups excluding carboxylic acids is 3. The van der Waals surface area contributed by atoms with E-state index in [-0.39, 0.29) is 25.1 Å². The lowest BCUT2D eigenvalue weighted by molar-refractivity contribution is -0.148. The number of hydrogen-bond donors (Lipinski definition) is 2. The Bertz CT molecular complexity index is 995. The number of halogens is 2. The second-order valence-electron chi connectivity index (χ2n) is 6.35. The third-order valence-corrected chi connectivity index (χ3v) is 4.56. The number of nitrogens with zero attached hydrogens (tertiary/aromatic N) is 2. The van der Waals surface area contributed by atoms with Gasteiger partial charge in [0, 0.05) is 11.6 Å². The van der Waals surface area contributed by atoms with Crippen LogP contribution in [-0.4, -0.2) is 31.1 Å². The number of urea groups is 1. The van der Waals surface area contributed by atoms with E-state index in [1.807, 2.05) is 6.07 Å². The Kier molecular flexibility index (Phi) is 8.78. The molecule has 3 amide bonds. The van der Waals surface area contributed by atoms with E-state index in [1.165, 1.54) is 18.2 Å². The van der Waals surface area contributed by atoms with Crippen molar-refractivity contribution in [3.63, 3.8) is 0 Å². The second-order valence-corrected chi connectivity index (χ2v) is 6.76. The summed E-state index contributed by atoms with van der Waals surface area (Å²) in [5.74, 6) is -2.16. The maximum atomic E-state index is 14.1. The first kappa shape index (κ1) is 23.6. The van der Waals surface area contributed by atoms with E-state index >= 15 is 0 Å². The number of carbonyl (C=O) groups is 3. The molecule has 0 aliphatic carbocycles. The number of hydrogen-bond acceptors (Lipinski definition) is 5. The van der Waals surface area contributed by atoms with E-state index in [9.17, 15) is 18.8 Å². The summed E-state index contributed by atoms with van der Waals surface area (Å²) in [7, 11) is 0. The van der Waals surface area contributed by atoms with Gasteiger partial charge in [0.1, 0.15) is 5.82 Å². The van der Waals surface area contributed by atoms with Gasteiger partial charge in [-0.1, -0.05) is 41.9 Å². The zero-order valence-corrected chi connectivity index (χ0v) is 17.1. The number of para-hydroxylation sites is 1. The van der Waals surface area contributed by atoms with Gasteiger partial charge in [-0.3, -0.25) is 9.59 Å². The van der Waals surface area contributed by atoms with E-state index in [1.54, 1.807) is 30.3 Å². The van der Waals surface area contributed by atoms with E-state index in [0.29, 0.717) is 10.6 Å². The van der Waals surface area contributed by atoms with Crippen molar-refractivity contribution >= 4 is 35.2 Å². The Hall–Kier alpha value is -3.64. The van der Waals surface area contributed by atoms with E-state index in [2.05, 4.69) is 5.32 Å². The standard InChI is InChI=1S/C21H20ClFN4O4/c22-15-7-2-1-6-14(15)17(26-21(25)30)12-20(29)31-13-19(28)27(11-5-10-24)18-9-4-3-8-16(18)23/h1-4,6-9,17H,5,11-13H2,(H3,25,26,30). The molecule has 0 saturated carbocycles. The molecule has 0 fully saturated rings. The molecular formula is C21H20ClFN4O4. The molecule has 2 aromatic rings. The summed E-state index contributed by atoms with van der Waals surface area (Å²) in [6, 6.07) is 12.3. The highest BCUT2D eigenvalue weighted by Crippen LogP contribution is 2.25. The largest absolute Gasteiger partial charge is 0.455 e. The topological polar surface area (TPSA) is 126 Å². The van der Waals surface area contributed by atoms with Crippen LogP contribution in [0.2, 0.25) is 5.02 Å². The quantitative estimate of drug-likeness (QED) is 0.572. The van der Waals surface area contributed by atoms with Crippen LogP contribution in [-0.2, 0) is 14.3 Å². The van der Waals surface area contributed by atoms with Gasteiger partial charge in [0.25, 0.3) is 5.91 Å². The Morgan fingerprint density at radius 2 is 1.87 bits per heavy atom. The van der Waals surface area contributed by atoms with Crippen molar-refractivity contribution in [2.45, 2.75) is 18.9 Å². The monoisotopic (exact) mass is 446 g/mol. The molecule has 31 heavy (non-hydrogen) atoms. The fourth-order valence-corrected chi connectivity index (χ4v) is 3.09. The SMILES string of the molecule is N#CCCN(C(=O)COC(=O)CC(NC(N)=O)c1ccccc1Cl)c1ccccc1F. The molecule has 162 valence electrons. The number of benzene rings is 2. The molecule has 0 aromatic heterocycles. The summed E-state index contributed by atoms with van der Waals surface area (Å²) in [5, 5.41) is 11.5. The average molecular weight is 447 g/mol. The highest BCUT2D eigenvalue weighted by atomic mass is 35.5. The molecule has 2 rings (SSSR count). The highest BCUT2D eigenvalue weighted by Gasteiger charge is 2.23. The lowest BCUT2D eigenvalue weighted by Crippen LogP contribution is -2.37. The van der Waals surface area contributed by atoms with Crippen molar-refractivity contribution in [1.29, 1.82) is 5.26 Å². The van der Waals surface area contributed by atoms with Crippen molar-refractivity contribution in [2.75, 3.05) is 18.1 Å². The summed E-state index contributed by atoms with van der Waals surface area (Å²) < 4.78 is 19.1. The third-order valence-electron chi connectivity index (χ3n) is 4.22. The van der Waals surface area contributed by atoms with Gasteiger partial charge >= 0.3 is 12.0 Å². The molecule has 10 heteroatoms. The molecule has 0 aliphatic rings. The highest BCUT2D eigenvalue weighted by molar-refractivity contribution is 6.31. The molecule has 8 nitrogen and oxygen atoms in total. The van der Waals surface area contributed by atoms with Crippen LogP contribution in [0.5, 0.6) is 0 Å². The van der Waals surface area contributed by atoms with Crippen LogP contribution in [0.4, 0.5) is 14.9 Å². The van der Waals surface area contributed by atoms with Gasteiger partial charge in [0.15, 0.2) is 6.61 Å².